The van der Waals surface area contributed by atoms with Crippen LogP contribution in [0.25, 0.3) is 0 Å². The molecule has 3 nitrogen and oxygen atoms in total. The van der Waals surface area contributed by atoms with Crippen LogP contribution in [0.2, 0.25) is 0 Å². The Morgan fingerprint density at radius 2 is 2.12 bits per heavy atom. The Kier molecular flexibility index (Phi) is 5.27. The van der Waals surface area contributed by atoms with Crippen molar-refractivity contribution in [1.29, 1.82) is 0 Å². The largest absolute Gasteiger partial charge is 0.417 e. The molecular weight excluding hydrogens is 296 g/mol. The van der Waals surface area contributed by atoms with Gasteiger partial charge in [-0.15, -0.1) is 0 Å². The average molecular weight is 310 g/mol. The summed E-state index contributed by atoms with van der Waals surface area (Å²) in [4.78, 5) is 3.79. The van der Waals surface area contributed by atoms with Crippen LogP contribution in [0.5, 0.6) is 5.88 Å². The van der Waals surface area contributed by atoms with Crippen LogP contribution < -0.4 is 4.74 Å². The quantitative estimate of drug-likeness (QED) is 0.854. The van der Waals surface area contributed by atoms with Gasteiger partial charge in [0.1, 0.15) is 0 Å². The summed E-state index contributed by atoms with van der Waals surface area (Å²) in [5.74, 6) is -0.113. The molecule has 1 aromatic heterocycles. The van der Waals surface area contributed by atoms with Gasteiger partial charge < -0.3 is 9.84 Å². The van der Waals surface area contributed by atoms with E-state index in [1.54, 1.807) is 6.07 Å². The number of aliphatic hydroxyl groups is 1. The van der Waals surface area contributed by atoms with Gasteiger partial charge >= 0.3 is 6.61 Å². The minimum absolute atomic E-state index is 0.109. The maximum atomic E-state index is 11.9. The lowest BCUT2D eigenvalue weighted by atomic mass is 10.2. The molecule has 1 aliphatic rings. The molecule has 2 atom stereocenters. The highest BCUT2D eigenvalue weighted by Crippen LogP contribution is 2.35. The molecule has 6 heteroatoms. The van der Waals surface area contributed by atoms with E-state index in [1.165, 1.54) is 6.07 Å². The molecule has 1 heterocycles. The Hall–Kier alpha value is -0.750. The first kappa shape index (κ1) is 14.3. The Bertz CT molecular complexity index is 376. The SMILES string of the molecule is CC.OC1c2ccc(OC(F)F)nc2CC1Br. The number of nitrogens with zero attached hydrogens (tertiary/aromatic N) is 1. The number of aromatic nitrogens is 1. The Labute approximate surface area is 107 Å². The second-order valence-corrected chi connectivity index (χ2v) is 4.41. The first-order valence-corrected chi connectivity index (χ1v) is 6.26. The van der Waals surface area contributed by atoms with Crippen molar-refractivity contribution in [2.75, 3.05) is 0 Å². The van der Waals surface area contributed by atoms with Gasteiger partial charge in [-0.1, -0.05) is 29.8 Å². The molecule has 2 unspecified atom stereocenters. The molecule has 2 rings (SSSR count). The van der Waals surface area contributed by atoms with Crippen molar-refractivity contribution in [3.63, 3.8) is 0 Å². The van der Waals surface area contributed by atoms with Crippen LogP contribution in [-0.4, -0.2) is 21.5 Å². The smallest absolute Gasteiger partial charge is 0.388 e. The van der Waals surface area contributed by atoms with Gasteiger partial charge in [-0.2, -0.15) is 8.78 Å². The van der Waals surface area contributed by atoms with Gasteiger partial charge in [0.2, 0.25) is 5.88 Å². The van der Waals surface area contributed by atoms with E-state index < -0.39 is 12.7 Å². The van der Waals surface area contributed by atoms with E-state index in [1.807, 2.05) is 13.8 Å². The maximum absolute atomic E-state index is 11.9. The summed E-state index contributed by atoms with van der Waals surface area (Å²) in [7, 11) is 0. The lowest BCUT2D eigenvalue weighted by molar-refractivity contribution is -0.0529. The van der Waals surface area contributed by atoms with Crippen molar-refractivity contribution >= 4 is 15.9 Å². The van der Waals surface area contributed by atoms with Crippen molar-refractivity contribution in [2.24, 2.45) is 0 Å². The number of fused-ring (bicyclic) bond motifs is 1. The zero-order valence-electron chi connectivity index (χ0n) is 9.53. The second-order valence-electron chi connectivity index (χ2n) is 3.23. The third-order valence-electron chi connectivity index (χ3n) is 2.24. The second kappa shape index (κ2) is 6.26. The van der Waals surface area contributed by atoms with Crippen LogP contribution in [-0.2, 0) is 6.42 Å². The van der Waals surface area contributed by atoms with E-state index in [4.69, 9.17) is 0 Å². The van der Waals surface area contributed by atoms with E-state index >= 15 is 0 Å². The summed E-state index contributed by atoms with van der Waals surface area (Å²) >= 11 is 3.28. The number of aliphatic hydroxyl groups excluding tert-OH is 1. The van der Waals surface area contributed by atoms with Crippen molar-refractivity contribution in [1.82, 2.24) is 4.98 Å². The van der Waals surface area contributed by atoms with Crippen molar-refractivity contribution in [3.05, 3.63) is 23.4 Å². The third-order valence-corrected chi connectivity index (χ3v) is 3.07. The van der Waals surface area contributed by atoms with Gasteiger partial charge in [-0.25, -0.2) is 4.98 Å². The highest BCUT2D eigenvalue weighted by molar-refractivity contribution is 9.09. The van der Waals surface area contributed by atoms with Crippen LogP contribution in [0.1, 0.15) is 31.2 Å². The predicted molar refractivity (Wildman–Crippen MR) is 63.6 cm³/mol. The van der Waals surface area contributed by atoms with Crippen LogP contribution >= 0.6 is 15.9 Å². The van der Waals surface area contributed by atoms with Gasteiger partial charge in [0.05, 0.1) is 16.6 Å². The number of halogens is 3. The molecular formula is C11H14BrF2NO2. The summed E-state index contributed by atoms with van der Waals surface area (Å²) in [6.07, 6.45) is -0.121. The molecule has 1 aromatic rings. The number of pyridine rings is 1. The van der Waals surface area contributed by atoms with Gasteiger partial charge in [0.15, 0.2) is 0 Å². The molecule has 0 radical (unpaired) electrons. The standard InChI is InChI=1S/C9H8BrF2NO2.C2H6/c10-5-3-6-4(8(5)14)1-2-7(13-6)15-9(11)12;1-2/h1-2,5,8-9,14H,3H2;1-2H3. The van der Waals surface area contributed by atoms with E-state index in [9.17, 15) is 13.9 Å². The van der Waals surface area contributed by atoms with Gasteiger partial charge in [0, 0.05) is 18.1 Å². The van der Waals surface area contributed by atoms with E-state index in [0.29, 0.717) is 17.7 Å². The van der Waals surface area contributed by atoms with Crippen LogP contribution in [0.4, 0.5) is 8.78 Å². The summed E-state index contributed by atoms with van der Waals surface area (Å²) in [5, 5.41) is 9.65. The fraction of sp³-hybridized carbons (Fsp3) is 0.545. The lowest BCUT2D eigenvalue weighted by Crippen LogP contribution is -2.04. The zero-order valence-corrected chi connectivity index (χ0v) is 11.1. The number of hydrogen-bond acceptors (Lipinski definition) is 3. The molecule has 0 bridgehead atoms. The van der Waals surface area contributed by atoms with Crippen molar-refractivity contribution in [3.8, 4) is 5.88 Å². The molecule has 1 N–H and O–H groups in total. The molecule has 0 fully saturated rings. The minimum Gasteiger partial charge on any atom is -0.417 e. The highest BCUT2D eigenvalue weighted by Gasteiger charge is 2.30. The van der Waals surface area contributed by atoms with Gasteiger partial charge in [-0.05, 0) is 6.07 Å². The monoisotopic (exact) mass is 309 g/mol. The van der Waals surface area contributed by atoms with Crippen molar-refractivity contribution in [2.45, 2.75) is 37.8 Å². The molecule has 0 saturated carbocycles. The average Bonchev–Trinajstić information content (AvgIpc) is 2.56. The van der Waals surface area contributed by atoms with Gasteiger partial charge in [-0.3, -0.25) is 0 Å². The number of rotatable bonds is 2. The van der Waals surface area contributed by atoms with E-state index in [2.05, 4.69) is 25.7 Å². The summed E-state index contributed by atoms with van der Waals surface area (Å²) in [6.45, 7) is 1.13. The number of alkyl halides is 3. The Morgan fingerprint density at radius 1 is 1.47 bits per heavy atom. The Morgan fingerprint density at radius 3 is 2.71 bits per heavy atom. The fourth-order valence-corrected chi connectivity index (χ4v) is 2.16. The molecule has 0 saturated heterocycles. The predicted octanol–water partition coefficient (Wildman–Crippen LogP) is 3.06. The number of ether oxygens (including phenoxy) is 1. The minimum atomic E-state index is -2.87. The van der Waals surface area contributed by atoms with Gasteiger partial charge in [0.25, 0.3) is 0 Å². The molecule has 0 aliphatic heterocycles. The molecule has 0 aromatic carbocycles. The van der Waals surface area contributed by atoms with Crippen LogP contribution in [0.15, 0.2) is 12.1 Å². The molecule has 0 spiro atoms. The fourth-order valence-electron chi connectivity index (χ4n) is 1.57. The van der Waals surface area contributed by atoms with Crippen LogP contribution in [0.3, 0.4) is 0 Å². The highest BCUT2D eigenvalue weighted by atomic mass is 79.9. The topological polar surface area (TPSA) is 42.4 Å². The first-order valence-electron chi connectivity index (χ1n) is 5.34. The Balaban J connectivity index is 0.000000686. The first-order chi connectivity index (χ1) is 8.08. The van der Waals surface area contributed by atoms with Crippen molar-refractivity contribution < 1.29 is 18.6 Å². The summed E-state index contributed by atoms with van der Waals surface area (Å²) in [6, 6.07) is 2.89. The molecule has 1 aliphatic carbocycles. The van der Waals surface area contributed by atoms with Crippen LogP contribution in [0, 0.1) is 0 Å². The number of hydrogen-bond donors (Lipinski definition) is 1. The normalized spacial score (nSPS) is 21.8. The molecule has 96 valence electrons. The zero-order chi connectivity index (χ0) is 13.0. The lowest BCUT2D eigenvalue weighted by Gasteiger charge is -2.07. The summed E-state index contributed by atoms with van der Waals surface area (Å²) < 4.78 is 28.0. The maximum Gasteiger partial charge on any atom is 0.388 e. The molecule has 17 heavy (non-hydrogen) atoms. The summed E-state index contributed by atoms with van der Waals surface area (Å²) in [5.41, 5.74) is 1.26. The van der Waals surface area contributed by atoms with E-state index in [-0.39, 0.29) is 10.7 Å². The molecule has 0 amide bonds. The van der Waals surface area contributed by atoms with E-state index in [0.717, 1.165) is 0 Å². The third kappa shape index (κ3) is 3.35.